The molecule has 1 aromatic rings. The van der Waals surface area contributed by atoms with E-state index in [0.29, 0.717) is 25.1 Å². The van der Waals surface area contributed by atoms with Crippen LogP contribution in [0.3, 0.4) is 0 Å². The molecule has 0 spiro atoms. The molecule has 2 N–H and O–H groups in total. The number of rotatable bonds is 3. The molecule has 0 atom stereocenters. The highest BCUT2D eigenvalue weighted by atomic mass is 16.6. The van der Waals surface area contributed by atoms with Crippen molar-refractivity contribution in [3.63, 3.8) is 0 Å². The summed E-state index contributed by atoms with van der Waals surface area (Å²) < 4.78 is 0. The van der Waals surface area contributed by atoms with Gasteiger partial charge in [-0.25, -0.2) is 0 Å². The van der Waals surface area contributed by atoms with E-state index in [1.54, 1.807) is 4.90 Å². The van der Waals surface area contributed by atoms with Crippen molar-refractivity contribution in [2.45, 2.75) is 12.8 Å². The third-order valence-corrected chi connectivity index (χ3v) is 3.05. The third kappa shape index (κ3) is 2.70. The highest BCUT2D eigenvalue weighted by molar-refractivity contribution is 5.95. The molecular weight excluding hydrogens is 250 g/mol. The normalized spacial score (nSPS) is 15.4. The van der Waals surface area contributed by atoms with Crippen LogP contribution in [0.1, 0.15) is 23.2 Å². The van der Waals surface area contributed by atoms with Crippen molar-refractivity contribution < 1.29 is 14.5 Å². The molecule has 1 heterocycles. The number of hydrogen-bond donors (Lipinski definition) is 1. The van der Waals surface area contributed by atoms with Crippen molar-refractivity contribution in [2.24, 2.45) is 5.73 Å². The summed E-state index contributed by atoms with van der Waals surface area (Å²) in [4.78, 5) is 34.6. The first kappa shape index (κ1) is 13.0. The second-order valence-corrected chi connectivity index (χ2v) is 4.39. The Balaban J connectivity index is 2.41. The molecule has 2 rings (SSSR count). The maximum absolute atomic E-state index is 11.4. The number of Topliss-reactive ketones (excluding diaryl/α,β-unsaturated/α-hetero) is 1. The van der Waals surface area contributed by atoms with Crippen LogP contribution in [-0.4, -0.2) is 29.7 Å². The maximum Gasteiger partial charge on any atom is 0.293 e. The Morgan fingerprint density at radius 2 is 2.16 bits per heavy atom. The van der Waals surface area contributed by atoms with Gasteiger partial charge in [-0.15, -0.1) is 0 Å². The summed E-state index contributed by atoms with van der Waals surface area (Å²) in [5.41, 5.74) is 5.33. The van der Waals surface area contributed by atoms with Crippen molar-refractivity contribution in [1.29, 1.82) is 0 Å². The van der Waals surface area contributed by atoms with Gasteiger partial charge in [-0.05, 0) is 18.6 Å². The molecule has 1 aliphatic heterocycles. The number of nitro groups is 1. The van der Waals surface area contributed by atoms with Gasteiger partial charge in [0.15, 0.2) is 5.78 Å². The zero-order chi connectivity index (χ0) is 14.0. The highest BCUT2D eigenvalue weighted by Crippen LogP contribution is 2.30. The van der Waals surface area contributed by atoms with Gasteiger partial charge in [0.05, 0.1) is 11.5 Å². The van der Waals surface area contributed by atoms with E-state index < -0.39 is 10.8 Å². The maximum atomic E-state index is 11.4. The number of piperidine rings is 1. The van der Waals surface area contributed by atoms with Crippen molar-refractivity contribution in [1.82, 2.24) is 0 Å². The number of hydrogen-bond acceptors (Lipinski definition) is 5. The number of nitro benzene ring substituents is 1. The van der Waals surface area contributed by atoms with Gasteiger partial charge in [-0.2, -0.15) is 0 Å². The molecule has 0 aromatic heterocycles. The number of anilines is 1. The van der Waals surface area contributed by atoms with E-state index in [-0.39, 0.29) is 23.6 Å². The Kier molecular flexibility index (Phi) is 3.46. The number of primary amides is 1. The summed E-state index contributed by atoms with van der Waals surface area (Å²) in [5, 5.41) is 11.1. The molecule has 1 aliphatic rings. The van der Waals surface area contributed by atoms with Crippen LogP contribution in [0.2, 0.25) is 0 Å². The molecule has 0 radical (unpaired) electrons. The van der Waals surface area contributed by atoms with Crippen molar-refractivity contribution in [3.05, 3.63) is 33.9 Å². The van der Waals surface area contributed by atoms with Gasteiger partial charge in [0.1, 0.15) is 5.69 Å². The van der Waals surface area contributed by atoms with Crippen LogP contribution >= 0.6 is 0 Å². The number of nitrogens with zero attached hydrogens (tertiary/aromatic N) is 2. The smallest absolute Gasteiger partial charge is 0.293 e. The van der Waals surface area contributed by atoms with Gasteiger partial charge in [0.2, 0.25) is 5.91 Å². The largest absolute Gasteiger partial charge is 0.366 e. The average Bonchev–Trinajstić information content (AvgIpc) is 2.37. The average molecular weight is 263 g/mol. The fourth-order valence-electron chi connectivity index (χ4n) is 2.13. The molecule has 1 aromatic carbocycles. The molecule has 19 heavy (non-hydrogen) atoms. The van der Waals surface area contributed by atoms with Gasteiger partial charge >= 0.3 is 0 Å². The first-order valence-corrected chi connectivity index (χ1v) is 5.84. The fraction of sp³-hybridized carbons (Fsp3) is 0.333. The molecule has 7 heteroatoms. The number of ketones is 1. The van der Waals surface area contributed by atoms with E-state index in [2.05, 4.69) is 0 Å². The molecule has 0 saturated carbocycles. The van der Waals surface area contributed by atoms with Crippen molar-refractivity contribution in [3.8, 4) is 0 Å². The Labute approximate surface area is 109 Å². The SMILES string of the molecule is NC(=O)c1ccc(N2CCCC(=O)C2)c([N+](=O)[O-])c1. The van der Waals surface area contributed by atoms with Gasteiger partial charge < -0.3 is 10.6 Å². The first-order chi connectivity index (χ1) is 8.99. The lowest BCUT2D eigenvalue weighted by molar-refractivity contribution is -0.384. The molecule has 1 saturated heterocycles. The monoisotopic (exact) mass is 263 g/mol. The number of nitrogens with two attached hydrogens (primary N) is 1. The summed E-state index contributed by atoms with van der Waals surface area (Å²) in [5.74, 6) is -0.663. The van der Waals surface area contributed by atoms with E-state index in [4.69, 9.17) is 5.73 Å². The molecule has 0 aliphatic carbocycles. The predicted molar refractivity (Wildman–Crippen MR) is 68.1 cm³/mol. The first-order valence-electron chi connectivity index (χ1n) is 5.84. The number of amides is 1. The zero-order valence-corrected chi connectivity index (χ0v) is 10.2. The number of carbonyl (C=O) groups excluding carboxylic acids is 2. The number of carbonyl (C=O) groups is 2. The zero-order valence-electron chi connectivity index (χ0n) is 10.2. The summed E-state index contributed by atoms with van der Waals surface area (Å²) in [6.07, 6.45) is 1.18. The van der Waals surface area contributed by atoms with Crippen LogP contribution in [-0.2, 0) is 4.79 Å². The predicted octanol–water partition coefficient (Wildman–Crippen LogP) is 0.863. The van der Waals surface area contributed by atoms with Crippen LogP contribution in [0.5, 0.6) is 0 Å². The Hall–Kier alpha value is -2.44. The summed E-state index contributed by atoms with van der Waals surface area (Å²) in [6, 6.07) is 4.05. The lowest BCUT2D eigenvalue weighted by Gasteiger charge is -2.27. The second-order valence-electron chi connectivity index (χ2n) is 4.39. The van der Waals surface area contributed by atoms with Gasteiger partial charge in [-0.1, -0.05) is 0 Å². The van der Waals surface area contributed by atoms with Gasteiger partial charge in [0.25, 0.3) is 5.69 Å². The van der Waals surface area contributed by atoms with E-state index >= 15 is 0 Å². The van der Waals surface area contributed by atoms with Crippen molar-refractivity contribution in [2.75, 3.05) is 18.0 Å². The van der Waals surface area contributed by atoms with Crippen LogP contribution in [0.25, 0.3) is 0 Å². The topological polar surface area (TPSA) is 107 Å². The van der Waals surface area contributed by atoms with Crippen LogP contribution in [0, 0.1) is 10.1 Å². The number of benzene rings is 1. The molecule has 1 fully saturated rings. The third-order valence-electron chi connectivity index (χ3n) is 3.05. The Morgan fingerprint density at radius 1 is 1.42 bits per heavy atom. The molecular formula is C12H13N3O4. The lowest BCUT2D eigenvalue weighted by Crippen LogP contribution is -2.35. The molecule has 7 nitrogen and oxygen atoms in total. The Bertz CT molecular complexity index is 556. The van der Waals surface area contributed by atoms with Gasteiger partial charge in [-0.3, -0.25) is 19.7 Å². The molecule has 0 bridgehead atoms. The quantitative estimate of drug-likeness (QED) is 0.643. The summed E-state index contributed by atoms with van der Waals surface area (Å²) >= 11 is 0. The minimum atomic E-state index is -0.718. The summed E-state index contributed by atoms with van der Waals surface area (Å²) in [6.45, 7) is 0.749. The van der Waals surface area contributed by atoms with E-state index in [1.165, 1.54) is 12.1 Å². The van der Waals surface area contributed by atoms with E-state index in [1.807, 2.05) is 0 Å². The van der Waals surface area contributed by atoms with Crippen LogP contribution < -0.4 is 10.6 Å². The highest BCUT2D eigenvalue weighted by Gasteiger charge is 2.25. The lowest BCUT2D eigenvalue weighted by atomic mass is 10.1. The molecule has 100 valence electrons. The van der Waals surface area contributed by atoms with Crippen LogP contribution in [0.4, 0.5) is 11.4 Å². The van der Waals surface area contributed by atoms with E-state index in [0.717, 1.165) is 6.07 Å². The molecule has 0 unspecified atom stereocenters. The van der Waals surface area contributed by atoms with E-state index in [9.17, 15) is 19.7 Å². The second kappa shape index (κ2) is 5.05. The van der Waals surface area contributed by atoms with Crippen LogP contribution in [0.15, 0.2) is 18.2 Å². The minimum Gasteiger partial charge on any atom is -0.366 e. The fourth-order valence-corrected chi connectivity index (χ4v) is 2.13. The molecule has 1 amide bonds. The summed E-state index contributed by atoms with van der Waals surface area (Å²) in [7, 11) is 0. The Morgan fingerprint density at radius 3 is 2.74 bits per heavy atom. The van der Waals surface area contributed by atoms with Crippen molar-refractivity contribution >= 4 is 23.1 Å². The standard InChI is InChI=1S/C12H13N3O4/c13-12(17)8-3-4-10(11(6-8)15(18)19)14-5-1-2-9(16)7-14/h3-4,6H,1-2,5,7H2,(H2,13,17). The minimum absolute atomic E-state index is 0.0551. The van der Waals surface area contributed by atoms with Gasteiger partial charge in [0, 0.05) is 24.6 Å².